The maximum absolute atomic E-state index is 12.6. The Kier molecular flexibility index (Phi) is 4.05. The Bertz CT molecular complexity index is 481. The Balaban J connectivity index is 3.48. The minimum absolute atomic E-state index is 0.315. The Morgan fingerprint density at radius 1 is 1.65 bits per heavy atom. The summed E-state index contributed by atoms with van der Waals surface area (Å²) in [6.45, 7) is 0. The monoisotopic (exact) mass is 310 g/mol. The third kappa shape index (κ3) is 2.73. The van der Waals surface area contributed by atoms with Crippen LogP contribution in [0, 0.1) is 10.1 Å². The van der Waals surface area contributed by atoms with Gasteiger partial charge in [0, 0.05) is 11.6 Å². The second kappa shape index (κ2) is 5.13. The Morgan fingerprint density at radius 2 is 2.24 bits per heavy atom. The van der Waals surface area contributed by atoms with Crippen LogP contribution in [-0.4, -0.2) is 23.0 Å². The van der Waals surface area contributed by atoms with Crippen molar-refractivity contribution in [3.63, 3.8) is 0 Å². The smallest absolute Gasteiger partial charge is 0.384 e. The number of carbonyl (C=O) groups excluding carboxylic acids is 1. The molecule has 6 nitrogen and oxygen atoms in total. The van der Waals surface area contributed by atoms with Crippen LogP contribution in [0.15, 0.2) is 10.5 Å². The second-order valence-corrected chi connectivity index (χ2v) is 3.57. The first kappa shape index (κ1) is 13.4. The molecule has 0 spiro atoms. The molecule has 1 rings (SSSR count). The standard InChI is InChI=1S/C8H5BrF2N2O4/c1-17-8(14)6-5(9)3(7(10)11)2-4(12-6)13(15)16/h2,7H,1H3. The van der Waals surface area contributed by atoms with Gasteiger partial charge in [-0.2, -0.15) is 0 Å². The average molecular weight is 311 g/mol. The van der Waals surface area contributed by atoms with E-state index in [4.69, 9.17) is 0 Å². The summed E-state index contributed by atoms with van der Waals surface area (Å²) in [5, 5.41) is 10.5. The molecule has 1 aromatic rings. The molecule has 0 aliphatic rings. The fraction of sp³-hybridized carbons (Fsp3) is 0.250. The molecule has 1 aromatic heterocycles. The van der Waals surface area contributed by atoms with Gasteiger partial charge < -0.3 is 14.9 Å². The topological polar surface area (TPSA) is 82.3 Å². The number of nitro groups is 1. The van der Waals surface area contributed by atoms with Crippen LogP contribution in [0.25, 0.3) is 0 Å². The van der Waals surface area contributed by atoms with Crippen LogP contribution in [0.5, 0.6) is 0 Å². The van der Waals surface area contributed by atoms with Crippen molar-refractivity contribution >= 4 is 27.7 Å². The summed E-state index contributed by atoms with van der Waals surface area (Å²) >= 11 is 2.74. The number of methoxy groups -OCH3 is 1. The maximum atomic E-state index is 12.6. The van der Waals surface area contributed by atoms with Crippen LogP contribution in [0.2, 0.25) is 0 Å². The largest absolute Gasteiger partial charge is 0.463 e. The summed E-state index contributed by atoms with van der Waals surface area (Å²) in [5.41, 5.74) is -1.25. The number of pyridine rings is 1. The lowest BCUT2D eigenvalue weighted by molar-refractivity contribution is -0.389. The summed E-state index contributed by atoms with van der Waals surface area (Å²) in [6, 6.07) is 0.598. The van der Waals surface area contributed by atoms with Crippen molar-refractivity contribution in [2.45, 2.75) is 6.43 Å². The van der Waals surface area contributed by atoms with Gasteiger partial charge in [-0.15, -0.1) is 0 Å². The lowest BCUT2D eigenvalue weighted by Gasteiger charge is -2.04. The molecule has 0 radical (unpaired) electrons. The highest BCUT2D eigenvalue weighted by Crippen LogP contribution is 2.32. The molecule has 92 valence electrons. The Morgan fingerprint density at radius 3 is 2.65 bits per heavy atom. The number of carbonyl (C=O) groups is 1. The summed E-state index contributed by atoms with van der Waals surface area (Å²) in [6.07, 6.45) is -2.98. The van der Waals surface area contributed by atoms with Gasteiger partial charge in [-0.25, -0.2) is 13.6 Å². The Labute approximate surface area is 102 Å². The fourth-order valence-electron chi connectivity index (χ4n) is 1.02. The number of hydrogen-bond acceptors (Lipinski definition) is 5. The van der Waals surface area contributed by atoms with Crippen molar-refractivity contribution in [1.82, 2.24) is 4.98 Å². The molecule has 0 N–H and O–H groups in total. The molecular formula is C8H5BrF2N2O4. The molecular weight excluding hydrogens is 306 g/mol. The molecule has 0 unspecified atom stereocenters. The normalized spacial score (nSPS) is 10.4. The van der Waals surface area contributed by atoms with Gasteiger partial charge in [0.1, 0.15) is 0 Å². The minimum Gasteiger partial charge on any atom is -0.463 e. The first-order valence-electron chi connectivity index (χ1n) is 4.09. The van der Waals surface area contributed by atoms with E-state index >= 15 is 0 Å². The first-order valence-corrected chi connectivity index (χ1v) is 4.89. The number of halogens is 3. The molecule has 0 aliphatic heterocycles. The van der Waals surface area contributed by atoms with Gasteiger partial charge in [0.2, 0.25) is 0 Å². The van der Waals surface area contributed by atoms with Crippen LogP contribution < -0.4 is 0 Å². The van der Waals surface area contributed by atoms with Crippen LogP contribution >= 0.6 is 15.9 Å². The van der Waals surface area contributed by atoms with Gasteiger partial charge in [0.05, 0.1) is 11.6 Å². The van der Waals surface area contributed by atoms with Crippen molar-refractivity contribution < 1.29 is 23.2 Å². The van der Waals surface area contributed by atoms with E-state index in [0.29, 0.717) is 6.07 Å². The predicted molar refractivity (Wildman–Crippen MR) is 54.9 cm³/mol. The molecule has 0 bridgehead atoms. The van der Waals surface area contributed by atoms with E-state index in [0.717, 1.165) is 7.11 Å². The number of esters is 1. The SMILES string of the molecule is COC(=O)c1nc([N+](=O)[O-])cc(C(F)F)c1Br. The second-order valence-electron chi connectivity index (χ2n) is 2.78. The van der Waals surface area contributed by atoms with Gasteiger partial charge in [-0.05, 0) is 25.8 Å². The highest BCUT2D eigenvalue weighted by Gasteiger charge is 2.28. The highest BCUT2D eigenvalue weighted by molar-refractivity contribution is 9.10. The minimum atomic E-state index is -2.98. The van der Waals surface area contributed by atoms with Crippen LogP contribution in [0.3, 0.4) is 0 Å². The zero-order valence-corrected chi connectivity index (χ0v) is 9.90. The molecule has 9 heteroatoms. The average Bonchev–Trinajstić information content (AvgIpc) is 2.27. The number of nitrogens with zero attached hydrogens (tertiary/aromatic N) is 2. The number of alkyl halides is 2. The summed E-state index contributed by atoms with van der Waals surface area (Å²) < 4.78 is 29.1. The first-order chi connectivity index (χ1) is 7.88. The zero-order chi connectivity index (χ0) is 13.2. The van der Waals surface area contributed by atoms with Gasteiger partial charge in [-0.3, -0.25) is 0 Å². The third-order valence-electron chi connectivity index (χ3n) is 1.77. The predicted octanol–water partition coefficient (Wildman–Crippen LogP) is 2.48. The number of aromatic nitrogens is 1. The van der Waals surface area contributed by atoms with Gasteiger partial charge in [0.15, 0.2) is 0 Å². The molecule has 0 aromatic carbocycles. The van der Waals surface area contributed by atoms with Crippen LogP contribution in [0.4, 0.5) is 14.6 Å². The fourth-order valence-corrected chi connectivity index (χ4v) is 1.56. The van der Waals surface area contributed by atoms with Crippen LogP contribution in [0.1, 0.15) is 22.5 Å². The molecule has 0 atom stereocenters. The van der Waals surface area contributed by atoms with Crippen LogP contribution in [-0.2, 0) is 4.74 Å². The number of hydrogen-bond donors (Lipinski definition) is 0. The van der Waals surface area contributed by atoms with Crippen molar-refractivity contribution in [2.75, 3.05) is 7.11 Å². The van der Waals surface area contributed by atoms with Crippen molar-refractivity contribution in [3.05, 3.63) is 31.9 Å². The van der Waals surface area contributed by atoms with E-state index in [1.807, 2.05) is 0 Å². The van der Waals surface area contributed by atoms with Gasteiger partial charge >= 0.3 is 11.8 Å². The molecule has 1 heterocycles. The summed E-state index contributed by atoms with van der Waals surface area (Å²) in [4.78, 5) is 24.0. The number of rotatable bonds is 3. The summed E-state index contributed by atoms with van der Waals surface area (Å²) in [7, 11) is 1.01. The van der Waals surface area contributed by atoms with Crippen molar-refractivity contribution in [2.24, 2.45) is 0 Å². The van der Waals surface area contributed by atoms with E-state index in [1.165, 1.54) is 0 Å². The third-order valence-corrected chi connectivity index (χ3v) is 2.61. The van der Waals surface area contributed by atoms with Gasteiger partial charge in [0.25, 0.3) is 12.1 Å². The highest BCUT2D eigenvalue weighted by atomic mass is 79.9. The van der Waals surface area contributed by atoms with E-state index in [-0.39, 0.29) is 4.47 Å². The maximum Gasteiger partial charge on any atom is 0.384 e. The Hall–Kier alpha value is -1.64. The van der Waals surface area contributed by atoms with E-state index < -0.39 is 34.4 Å². The van der Waals surface area contributed by atoms with Crippen molar-refractivity contribution in [1.29, 1.82) is 0 Å². The van der Waals surface area contributed by atoms with E-state index in [9.17, 15) is 23.7 Å². The molecule has 0 saturated carbocycles. The zero-order valence-electron chi connectivity index (χ0n) is 8.32. The van der Waals surface area contributed by atoms with Crippen molar-refractivity contribution in [3.8, 4) is 0 Å². The lowest BCUT2D eigenvalue weighted by Crippen LogP contribution is -2.09. The van der Waals surface area contributed by atoms with E-state index in [2.05, 4.69) is 25.7 Å². The van der Waals surface area contributed by atoms with Gasteiger partial charge in [-0.1, -0.05) is 0 Å². The quantitative estimate of drug-likeness (QED) is 0.486. The lowest BCUT2D eigenvalue weighted by atomic mass is 10.2. The molecule has 0 aliphatic carbocycles. The summed E-state index contributed by atoms with van der Waals surface area (Å²) in [5.74, 6) is -1.88. The molecule has 17 heavy (non-hydrogen) atoms. The molecule has 0 amide bonds. The number of ether oxygens (including phenoxy) is 1. The molecule has 0 fully saturated rings. The van der Waals surface area contributed by atoms with E-state index in [1.54, 1.807) is 0 Å². The molecule has 0 saturated heterocycles.